The van der Waals surface area contributed by atoms with E-state index in [4.69, 9.17) is 0 Å². The molecule has 0 bridgehead atoms. The van der Waals surface area contributed by atoms with Crippen LogP contribution in [-0.4, -0.2) is 0 Å². The maximum absolute atomic E-state index is 12.5. The predicted molar refractivity (Wildman–Crippen MR) is 78.1 cm³/mol. The minimum Gasteiger partial charge on any atom is -0.617 e. The highest BCUT2D eigenvalue weighted by Crippen LogP contribution is 2.21. The Kier molecular flexibility index (Phi) is 2.93. The van der Waals surface area contributed by atoms with Gasteiger partial charge in [-0.2, -0.15) is 9.46 Å². The number of hydrogen-bond donors (Lipinski definition) is 0. The molecule has 0 spiro atoms. The van der Waals surface area contributed by atoms with Crippen LogP contribution in [0.2, 0.25) is 0 Å². The molecule has 0 aliphatic rings. The molecular formula is C16H16N2O2. The van der Waals surface area contributed by atoms with E-state index in [1.54, 1.807) is 30.3 Å². The van der Waals surface area contributed by atoms with Gasteiger partial charge in [0.1, 0.15) is 0 Å². The number of para-hydroxylation sites is 2. The Morgan fingerprint density at radius 2 is 1.45 bits per heavy atom. The Morgan fingerprint density at radius 3 is 2.05 bits per heavy atom. The lowest BCUT2D eigenvalue weighted by molar-refractivity contribution is -0.591. The zero-order valence-electron chi connectivity index (χ0n) is 11.5. The third kappa shape index (κ3) is 1.76. The molecule has 1 unspecified atom stereocenters. The Balaban J connectivity index is 2.40. The van der Waals surface area contributed by atoms with Gasteiger partial charge in [-0.05, 0) is 17.9 Å². The fourth-order valence-corrected chi connectivity index (χ4v) is 2.48. The summed E-state index contributed by atoms with van der Waals surface area (Å²) >= 11 is 0. The molecule has 0 aliphatic carbocycles. The van der Waals surface area contributed by atoms with Crippen LogP contribution in [0.15, 0.2) is 42.5 Å². The molecule has 3 aromatic rings. The molecule has 0 radical (unpaired) electrons. The van der Waals surface area contributed by atoms with E-state index in [0.29, 0.717) is 28.0 Å². The van der Waals surface area contributed by atoms with Gasteiger partial charge in [-0.15, -0.1) is 0 Å². The number of nitrogens with zero attached hydrogens (tertiary/aromatic N) is 2. The highest BCUT2D eigenvalue weighted by atomic mass is 16.5. The highest BCUT2D eigenvalue weighted by molar-refractivity contribution is 5.77. The van der Waals surface area contributed by atoms with Crippen LogP contribution >= 0.6 is 0 Å². The van der Waals surface area contributed by atoms with Crippen molar-refractivity contribution in [1.82, 2.24) is 0 Å². The van der Waals surface area contributed by atoms with Gasteiger partial charge in [0, 0.05) is 24.3 Å². The number of fused-ring (bicyclic) bond motifs is 2. The average molecular weight is 268 g/mol. The second-order valence-corrected chi connectivity index (χ2v) is 5.13. The first-order chi connectivity index (χ1) is 9.63. The second kappa shape index (κ2) is 4.63. The lowest BCUT2D eigenvalue weighted by Crippen LogP contribution is -2.39. The van der Waals surface area contributed by atoms with E-state index in [1.807, 2.05) is 12.1 Å². The maximum Gasteiger partial charge on any atom is 0.290 e. The summed E-state index contributed by atoms with van der Waals surface area (Å²) in [5.74, 6) is 0.367. The van der Waals surface area contributed by atoms with E-state index in [2.05, 4.69) is 13.8 Å². The molecule has 2 aromatic carbocycles. The first-order valence-corrected chi connectivity index (χ1v) is 6.81. The summed E-state index contributed by atoms with van der Waals surface area (Å²) in [6.45, 7) is 4.22. The van der Waals surface area contributed by atoms with Gasteiger partial charge >= 0.3 is 0 Å². The van der Waals surface area contributed by atoms with Crippen molar-refractivity contribution in [2.45, 2.75) is 26.2 Å². The van der Waals surface area contributed by atoms with Gasteiger partial charge in [0.05, 0.1) is 0 Å². The van der Waals surface area contributed by atoms with Gasteiger partial charge in [-0.1, -0.05) is 32.0 Å². The van der Waals surface area contributed by atoms with Gasteiger partial charge in [-0.25, -0.2) is 0 Å². The van der Waals surface area contributed by atoms with Crippen molar-refractivity contribution in [1.29, 1.82) is 0 Å². The summed E-state index contributed by atoms with van der Waals surface area (Å²) in [6.07, 6.45) is 0.995. The van der Waals surface area contributed by atoms with Crippen molar-refractivity contribution in [3.05, 3.63) is 58.4 Å². The van der Waals surface area contributed by atoms with Crippen LogP contribution < -0.4 is 9.46 Å². The fraction of sp³-hybridized carbons (Fsp3) is 0.250. The molecule has 1 heterocycles. The Hall–Kier alpha value is -2.36. The number of hydrogen-bond acceptors (Lipinski definition) is 2. The lowest BCUT2D eigenvalue weighted by atomic mass is 9.98. The Labute approximate surface area is 117 Å². The number of benzene rings is 2. The van der Waals surface area contributed by atoms with Crippen molar-refractivity contribution < 1.29 is 9.46 Å². The molecule has 1 aromatic heterocycles. The van der Waals surface area contributed by atoms with Crippen LogP contribution in [0.25, 0.3) is 22.1 Å². The lowest BCUT2D eigenvalue weighted by Gasteiger charge is -2.11. The molecular weight excluding hydrogens is 252 g/mol. The normalized spacial score (nSPS) is 12.9. The summed E-state index contributed by atoms with van der Waals surface area (Å²) in [6, 6.07) is 12.4. The topological polar surface area (TPSA) is 53.9 Å². The van der Waals surface area contributed by atoms with E-state index in [-0.39, 0.29) is 0 Å². The van der Waals surface area contributed by atoms with Crippen LogP contribution in [0.4, 0.5) is 0 Å². The predicted octanol–water partition coefficient (Wildman–Crippen LogP) is 2.77. The molecule has 20 heavy (non-hydrogen) atoms. The van der Waals surface area contributed by atoms with Crippen molar-refractivity contribution >= 4 is 22.1 Å². The SMILES string of the molecule is CCC(C)c1ccc2c(c1)[n+]([O-])c1ccccc1[n+]2[O-]. The summed E-state index contributed by atoms with van der Waals surface area (Å²) in [4.78, 5) is 0. The summed E-state index contributed by atoms with van der Waals surface area (Å²) in [7, 11) is 0. The minimum absolute atomic E-state index is 0.367. The van der Waals surface area contributed by atoms with Crippen LogP contribution in [0.5, 0.6) is 0 Å². The van der Waals surface area contributed by atoms with E-state index >= 15 is 0 Å². The molecule has 0 saturated heterocycles. The highest BCUT2D eigenvalue weighted by Gasteiger charge is 2.21. The summed E-state index contributed by atoms with van der Waals surface area (Å²) in [5, 5.41) is 24.8. The molecule has 0 aliphatic heterocycles. The van der Waals surface area contributed by atoms with Crippen molar-refractivity contribution in [2.75, 3.05) is 0 Å². The standard InChI is InChI=1S/C16H16N2O2/c1-3-11(2)12-8-9-15-16(10-12)18(20)14-7-5-4-6-13(14)17(15)19/h4-11H,3H2,1-2H3. The van der Waals surface area contributed by atoms with Gasteiger partial charge in [0.2, 0.25) is 0 Å². The van der Waals surface area contributed by atoms with Crippen molar-refractivity contribution in [3.8, 4) is 0 Å². The van der Waals surface area contributed by atoms with Gasteiger partial charge < -0.3 is 10.4 Å². The third-order valence-electron chi connectivity index (χ3n) is 3.94. The van der Waals surface area contributed by atoms with Crippen LogP contribution in [0, 0.1) is 10.4 Å². The van der Waals surface area contributed by atoms with E-state index in [0.717, 1.165) is 21.4 Å². The van der Waals surface area contributed by atoms with Crippen LogP contribution in [0.1, 0.15) is 31.7 Å². The molecule has 0 N–H and O–H groups in total. The van der Waals surface area contributed by atoms with Crippen molar-refractivity contribution in [2.24, 2.45) is 0 Å². The number of aromatic nitrogens is 2. The second-order valence-electron chi connectivity index (χ2n) is 5.13. The van der Waals surface area contributed by atoms with Gasteiger partial charge in [0.25, 0.3) is 22.1 Å². The van der Waals surface area contributed by atoms with Crippen molar-refractivity contribution in [3.63, 3.8) is 0 Å². The molecule has 3 rings (SSSR count). The summed E-state index contributed by atoms with van der Waals surface area (Å²) in [5.41, 5.74) is 2.71. The molecule has 0 amide bonds. The first-order valence-electron chi connectivity index (χ1n) is 6.81. The quantitative estimate of drug-likeness (QED) is 0.407. The molecule has 4 nitrogen and oxygen atoms in total. The first kappa shape index (κ1) is 12.7. The van der Waals surface area contributed by atoms with Crippen LogP contribution in [-0.2, 0) is 0 Å². The van der Waals surface area contributed by atoms with E-state index < -0.39 is 0 Å². The molecule has 1 atom stereocenters. The largest absolute Gasteiger partial charge is 0.617 e. The number of rotatable bonds is 2. The van der Waals surface area contributed by atoms with E-state index in [9.17, 15) is 10.4 Å². The monoisotopic (exact) mass is 268 g/mol. The van der Waals surface area contributed by atoms with Gasteiger partial charge in [0.15, 0.2) is 0 Å². The third-order valence-corrected chi connectivity index (χ3v) is 3.94. The molecule has 4 heteroatoms. The Bertz CT molecular complexity index is 799. The Morgan fingerprint density at radius 1 is 0.900 bits per heavy atom. The molecule has 0 fully saturated rings. The zero-order valence-corrected chi connectivity index (χ0v) is 11.5. The fourth-order valence-electron chi connectivity index (χ4n) is 2.48. The molecule has 102 valence electrons. The van der Waals surface area contributed by atoms with E-state index in [1.165, 1.54) is 0 Å². The zero-order chi connectivity index (χ0) is 14.3. The summed E-state index contributed by atoms with van der Waals surface area (Å²) < 4.78 is 1.68. The van der Waals surface area contributed by atoms with Gasteiger partial charge in [-0.3, -0.25) is 0 Å². The van der Waals surface area contributed by atoms with Crippen LogP contribution in [0.3, 0.4) is 0 Å². The minimum atomic E-state index is 0.367. The average Bonchev–Trinajstić information content (AvgIpc) is 2.51. The molecule has 0 saturated carbocycles. The maximum atomic E-state index is 12.5. The smallest absolute Gasteiger partial charge is 0.290 e.